The lowest BCUT2D eigenvalue weighted by molar-refractivity contribution is 0.0929. The number of hydrazone groups is 1. The van der Waals surface area contributed by atoms with Gasteiger partial charge in [-0.2, -0.15) is 5.10 Å². The molecule has 0 aliphatic carbocycles. The van der Waals surface area contributed by atoms with Crippen LogP contribution in [0.15, 0.2) is 89.7 Å². The van der Waals surface area contributed by atoms with E-state index in [2.05, 4.69) is 58.3 Å². The van der Waals surface area contributed by atoms with Crippen LogP contribution in [0.4, 0.5) is 0 Å². The van der Waals surface area contributed by atoms with E-state index in [0.29, 0.717) is 12.2 Å². The molecule has 4 aromatic rings. The molecule has 1 heterocycles. The van der Waals surface area contributed by atoms with Crippen molar-refractivity contribution in [3.8, 4) is 5.75 Å². The first-order valence-corrected chi connectivity index (χ1v) is 11.6. The lowest BCUT2D eigenvalue weighted by atomic mass is 10.2. The number of carbonyl (C=O) groups is 1. The minimum atomic E-state index is -0.433. The van der Waals surface area contributed by atoms with Gasteiger partial charge in [-0.1, -0.05) is 46.3 Å². The van der Waals surface area contributed by atoms with Crippen molar-refractivity contribution in [2.75, 3.05) is 0 Å². The van der Waals surface area contributed by atoms with Crippen LogP contribution in [-0.2, 0) is 6.61 Å². The smallest absolute Gasteiger partial charge is 0.307 e. The third-order valence-electron chi connectivity index (χ3n) is 4.33. The minimum absolute atomic E-state index is 0.178. The van der Waals surface area contributed by atoms with Crippen LogP contribution in [0.2, 0.25) is 0 Å². The fraction of sp³-hybridized carbons (Fsp3) is 0.0435. The molecule has 8 heteroatoms. The standard InChI is InChI=1S/C23H15Br3N2O3/c24-17-9-16-10-21(31-22(16)19(26)11-17)23(29)28-27-12-15-6-7-20(18(25)8-15)30-13-14-4-2-1-3-5-14/h1-12H,13H2,(H,28,29)/b27-12-. The van der Waals surface area contributed by atoms with Gasteiger partial charge in [-0.25, -0.2) is 5.43 Å². The summed E-state index contributed by atoms with van der Waals surface area (Å²) in [7, 11) is 0. The van der Waals surface area contributed by atoms with E-state index in [1.165, 1.54) is 0 Å². The lowest BCUT2D eigenvalue weighted by Crippen LogP contribution is -2.16. The van der Waals surface area contributed by atoms with Crippen LogP contribution in [0.25, 0.3) is 11.0 Å². The summed E-state index contributed by atoms with van der Waals surface area (Å²) in [5.74, 6) is 0.471. The number of rotatable bonds is 6. The Morgan fingerprint density at radius 3 is 2.58 bits per heavy atom. The predicted molar refractivity (Wildman–Crippen MR) is 132 cm³/mol. The van der Waals surface area contributed by atoms with Gasteiger partial charge in [0.05, 0.1) is 15.2 Å². The number of hydrogen-bond donors (Lipinski definition) is 1. The molecule has 31 heavy (non-hydrogen) atoms. The molecule has 3 aromatic carbocycles. The zero-order chi connectivity index (χ0) is 21.8. The molecular weight excluding hydrogens is 592 g/mol. The maximum atomic E-state index is 12.4. The van der Waals surface area contributed by atoms with E-state index in [4.69, 9.17) is 9.15 Å². The summed E-state index contributed by atoms with van der Waals surface area (Å²) in [6, 6.07) is 20.9. The van der Waals surface area contributed by atoms with Crippen LogP contribution in [0.5, 0.6) is 5.75 Å². The molecule has 4 rings (SSSR count). The van der Waals surface area contributed by atoms with Crippen LogP contribution in [0.3, 0.4) is 0 Å². The van der Waals surface area contributed by atoms with Crippen molar-refractivity contribution in [3.63, 3.8) is 0 Å². The third-order valence-corrected chi connectivity index (χ3v) is 6.00. The normalized spacial score (nSPS) is 11.2. The zero-order valence-corrected chi connectivity index (χ0v) is 20.7. The number of carbonyl (C=O) groups excluding carboxylic acids is 1. The highest BCUT2D eigenvalue weighted by Crippen LogP contribution is 2.31. The molecule has 0 saturated carbocycles. The fourth-order valence-corrected chi connectivity index (χ4v) is 4.71. The van der Waals surface area contributed by atoms with Crippen molar-refractivity contribution in [2.45, 2.75) is 6.61 Å². The maximum Gasteiger partial charge on any atom is 0.307 e. The summed E-state index contributed by atoms with van der Waals surface area (Å²) < 4.78 is 13.9. The molecule has 5 nitrogen and oxygen atoms in total. The molecule has 0 fully saturated rings. The van der Waals surface area contributed by atoms with Gasteiger partial charge in [0.25, 0.3) is 0 Å². The summed E-state index contributed by atoms with van der Waals surface area (Å²) in [5.41, 5.74) is 4.98. The van der Waals surface area contributed by atoms with Crippen molar-refractivity contribution in [1.82, 2.24) is 5.43 Å². The van der Waals surface area contributed by atoms with Gasteiger partial charge in [-0.15, -0.1) is 0 Å². The monoisotopic (exact) mass is 604 g/mol. The first-order valence-electron chi connectivity index (χ1n) is 9.18. The molecule has 0 atom stereocenters. The topological polar surface area (TPSA) is 63.8 Å². The van der Waals surface area contributed by atoms with Crippen LogP contribution >= 0.6 is 47.8 Å². The highest BCUT2D eigenvalue weighted by molar-refractivity contribution is 9.11. The molecule has 0 bridgehead atoms. The maximum absolute atomic E-state index is 12.4. The highest BCUT2D eigenvalue weighted by atomic mass is 79.9. The first-order chi connectivity index (χ1) is 15.0. The number of hydrogen-bond acceptors (Lipinski definition) is 4. The predicted octanol–water partition coefficient (Wildman–Crippen LogP) is 7.06. The van der Waals surface area contributed by atoms with Gasteiger partial charge in [-0.05, 0) is 79.4 Å². The molecule has 0 aliphatic heterocycles. The molecule has 0 radical (unpaired) electrons. The Labute approximate surface area is 203 Å². The first kappa shape index (κ1) is 21.8. The Balaban J connectivity index is 1.39. The van der Waals surface area contributed by atoms with Crippen molar-refractivity contribution < 1.29 is 13.9 Å². The second kappa shape index (κ2) is 9.80. The highest BCUT2D eigenvalue weighted by Gasteiger charge is 2.14. The molecule has 0 aliphatic rings. The zero-order valence-electron chi connectivity index (χ0n) is 15.9. The van der Waals surface area contributed by atoms with E-state index in [1.807, 2.05) is 60.7 Å². The molecule has 0 unspecified atom stereocenters. The Hall–Kier alpha value is -2.42. The number of fused-ring (bicyclic) bond motifs is 1. The number of furan rings is 1. The number of nitrogens with zero attached hydrogens (tertiary/aromatic N) is 1. The van der Waals surface area contributed by atoms with E-state index < -0.39 is 5.91 Å². The van der Waals surface area contributed by atoms with Gasteiger partial charge in [0.2, 0.25) is 0 Å². The Kier molecular flexibility index (Phi) is 6.89. The third kappa shape index (κ3) is 5.44. The van der Waals surface area contributed by atoms with Crippen LogP contribution in [-0.4, -0.2) is 12.1 Å². The number of amides is 1. The fourth-order valence-electron chi connectivity index (χ4n) is 2.86. The van der Waals surface area contributed by atoms with Gasteiger partial charge in [0.1, 0.15) is 17.9 Å². The van der Waals surface area contributed by atoms with E-state index >= 15 is 0 Å². The number of nitrogens with one attached hydrogen (secondary N) is 1. The summed E-state index contributed by atoms with van der Waals surface area (Å²) in [4.78, 5) is 12.4. The van der Waals surface area contributed by atoms with Crippen molar-refractivity contribution in [3.05, 3.63) is 97.0 Å². The van der Waals surface area contributed by atoms with Gasteiger partial charge < -0.3 is 9.15 Å². The molecule has 0 spiro atoms. The van der Waals surface area contributed by atoms with Crippen LogP contribution in [0, 0.1) is 0 Å². The molecule has 1 amide bonds. The largest absolute Gasteiger partial charge is 0.488 e. The lowest BCUT2D eigenvalue weighted by Gasteiger charge is -2.08. The Bertz CT molecular complexity index is 1270. The van der Waals surface area contributed by atoms with Gasteiger partial charge in [-0.3, -0.25) is 4.79 Å². The van der Waals surface area contributed by atoms with E-state index in [1.54, 1.807) is 12.3 Å². The summed E-state index contributed by atoms with van der Waals surface area (Å²) >= 11 is 10.4. The molecule has 1 N–H and O–H groups in total. The second-order valence-electron chi connectivity index (χ2n) is 6.58. The molecule has 0 saturated heterocycles. The van der Waals surface area contributed by atoms with E-state index in [0.717, 1.165) is 35.7 Å². The number of ether oxygens (including phenoxy) is 1. The summed E-state index contributed by atoms with van der Waals surface area (Å²) in [6.07, 6.45) is 1.55. The van der Waals surface area contributed by atoms with Crippen LogP contribution < -0.4 is 10.2 Å². The SMILES string of the molecule is O=C(N/N=C\c1ccc(OCc2ccccc2)c(Br)c1)c1cc2cc(Br)cc(Br)c2o1. The summed E-state index contributed by atoms with van der Waals surface area (Å²) in [5, 5.41) is 4.84. The van der Waals surface area contributed by atoms with Gasteiger partial charge in [0, 0.05) is 9.86 Å². The van der Waals surface area contributed by atoms with Gasteiger partial charge >= 0.3 is 5.91 Å². The van der Waals surface area contributed by atoms with Gasteiger partial charge in [0.15, 0.2) is 5.76 Å². The van der Waals surface area contributed by atoms with Crippen LogP contribution in [0.1, 0.15) is 21.7 Å². The van der Waals surface area contributed by atoms with Crippen molar-refractivity contribution in [2.24, 2.45) is 5.10 Å². The Morgan fingerprint density at radius 1 is 1.00 bits per heavy atom. The van der Waals surface area contributed by atoms with Crippen molar-refractivity contribution in [1.29, 1.82) is 0 Å². The molecule has 1 aromatic heterocycles. The Morgan fingerprint density at radius 2 is 1.81 bits per heavy atom. The van der Waals surface area contributed by atoms with Crippen molar-refractivity contribution >= 4 is 70.9 Å². The van der Waals surface area contributed by atoms with E-state index in [9.17, 15) is 4.79 Å². The number of halogens is 3. The second-order valence-corrected chi connectivity index (χ2v) is 9.20. The summed E-state index contributed by atoms with van der Waals surface area (Å²) in [6.45, 7) is 0.479. The number of benzene rings is 3. The minimum Gasteiger partial charge on any atom is -0.488 e. The molecule has 156 valence electrons. The average Bonchev–Trinajstić information content (AvgIpc) is 3.18. The molecular formula is C23H15Br3N2O3. The quantitative estimate of drug-likeness (QED) is 0.189. The van der Waals surface area contributed by atoms with E-state index in [-0.39, 0.29) is 5.76 Å². The average molecular weight is 607 g/mol.